The number of rotatable bonds is 10. The van der Waals surface area contributed by atoms with E-state index >= 15 is 0 Å². The van der Waals surface area contributed by atoms with Crippen molar-refractivity contribution in [3.8, 4) is 17.2 Å². The van der Waals surface area contributed by atoms with E-state index in [2.05, 4.69) is 64.5 Å². The molecule has 3 aromatic heterocycles. The molecule has 0 saturated heterocycles. The Labute approximate surface area is 207 Å². The number of hydrogen-bond donors (Lipinski definition) is 1. The fraction of sp³-hybridized carbons (Fsp3) is 0.462. The van der Waals surface area contributed by atoms with E-state index in [4.69, 9.17) is 1.37 Å². The number of hydrogen-bond acceptors (Lipinski definition) is 6. The molecule has 0 aliphatic carbocycles. The third-order valence-electron chi connectivity index (χ3n) is 5.94. The monoisotopic (exact) mass is 475 g/mol. The zero-order valence-corrected chi connectivity index (χ0v) is 21.2. The first kappa shape index (κ1) is 23.1. The molecule has 4 aromatic rings. The van der Waals surface area contributed by atoms with E-state index in [1.54, 1.807) is 4.68 Å². The van der Waals surface area contributed by atoms with E-state index in [9.17, 15) is 4.79 Å². The summed E-state index contributed by atoms with van der Waals surface area (Å²) < 4.78 is 12.5. The molecule has 0 unspecified atom stereocenters. The van der Waals surface area contributed by atoms with Gasteiger partial charge in [0, 0.05) is 24.7 Å². The second-order valence-corrected chi connectivity index (χ2v) is 9.79. The summed E-state index contributed by atoms with van der Waals surface area (Å²) in [6, 6.07) is 8.20. The molecular formula is C26H34N8O. The molecule has 0 amide bonds. The largest absolute Gasteiger partial charge is 0.313 e. The summed E-state index contributed by atoms with van der Waals surface area (Å²) in [7, 11) is 0. The van der Waals surface area contributed by atoms with Crippen LogP contribution in [-0.2, 0) is 18.4 Å². The Hall–Kier alpha value is -3.62. The van der Waals surface area contributed by atoms with Crippen molar-refractivity contribution in [3.05, 3.63) is 59.3 Å². The van der Waals surface area contributed by atoms with E-state index in [1.807, 2.05) is 35.9 Å². The average Bonchev–Trinajstić information content (AvgIpc) is 3.58. The van der Waals surface area contributed by atoms with E-state index in [-0.39, 0.29) is 17.0 Å². The molecule has 4 rings (SSSR count). The van der Waals surface area contributed by atoms with Crippen LogP contribution in [0.1, 0.15) is 89.2 Å². The van der Waals surface area contributed by atoms with Gasteiger partial charge in [-0.3, -0.25) is 4.79 Å². The Morgan fingerprint density at radius 2 is 1.97 bits per heavy atom. The Kier molecular flexibility index (Phi) is 6.83. The SMILES string of the molecule is [2H]c1cc(-n2ccc(C(C)(C)C)c2-c2nn[nH]n2)ccc1Cn1nc(C(=O)CCC)nc1CCCC. The van der Waals surface area contributed by atoms with Crippen LogP contribution in [0.25, 0.3) is 17.2 Å². The molecule has 0 spiro atoms. The summed E-state index contributed by atoms with van der Waals surface area (Å²) in [5, 5.41) is 19.2. The Morgan fingerprint density at radius 1 is 1.14 bits per heavy atom. The lowest BCUT2D eigenvalue weighted by atomic mass is 9.87. The highest BCUT2D eigenvalue weighted by atomic mass is 16.1. The molecule has 1 aromatic carbocycles. The van der Waals surface area contributed by atoms with Gasteiger partial charge in [-0.25, -0.2) is 9.67 Å². The molecule has 0 fully saturated rings. The van der Waals surface area contributed by atoms with Gasteiger partial charge in [-0.2, -0.15) is 5.21 Å². The van der Waals surface area contributed by atoms with Crippen molar-refractivity contribution in [2.45, 2.75) is 78.7 Å². The minimum absolute atomic E-state index is 0.0355. The molecule has 0 aliphatic heterocycles. The molecule has 0 atom stereocenters. The lowest BCUT2D eigenvalue weighted by molar-refractivity contribution is 0.0971. The Balaban J connectivity index is 1.68. The highest BCUT2D eigenvalue weighted by molar-refractivity contribution is 5.92. The van der Waals surface area contributed by atoms with E-state index in [0.717, 1.165) is 54.0 Å². The van der Waals surface area contributed by atoms with Crippen molar-refractivity contribution >= 4 is 5.78 Å². The van der Waals surface area contributed by atoms with E-state index in [1.165, 1.54) is 0 Å². The number of H-pyrrole nitrogens is 1. The molecular weight excluding hydrogens is 440 g/mol. The number of benzene rings is 1. The molecule has 35 heavy (non-hydrogen) atoms. The van der Waals surface area contributed by atoms with Crippen LogP contribution in [0, 0.1) is 0 Å². The molecule has 0 aliphatic rings. The van der Waals surface area contributed by atoms with Crippen LogP contribution in [0.3, 0.4) is 0 Å². The van der Waals surface area contributed by atoms with Gasteiger partial charge < -0.3 is 4.57 Å². The highest BCUT2D eigenvalue weighted by Crippen LogP contribution is 2.34. The number of ketones is 1. The number of Topliss-reactive ketones (excluding diaryl/α,β-unsaturated/α-hetero) is 1. The van der Waals surface area contributed by atoms with Crippen molar-refractivity contribution < 1.29 is 6.17 Å². The first-order chi connectivity index (χ1) is 17.2. The number of unbranched alkanes of at least 4 members (excludes halogenated alkanes) is 1. The number of nitrogens with zero attached hydrogens (tertiary/aromatic N) is 7. The molecule has 9 heteroatoms. The van der Waals surface area contributed by atoms with Crippen LogP contribution in [0.4, 0.5) is 0 Å². The molecule has 3 heterocycles. The van der Waals surface area contributed by atoms with Crippen LogP contribution in [0.5, 0.6) is 0 Å². The van der Waals surface area contributed by atoms with Gasteiger partial charge in [-0.1, -0.05) is 53.1 Å². The lowest BCUT2D eigenvalue weighted by Gasteiger charge is -2.19. The topological polar surface area (TPSA) is 107 Å². The fourth-order valence-electron chi connectivity index (χ4n) is 4.08. The second-order valence-electron chi connectivity index (χ2n) is 9.79. The van der Waals surface area contributed by atoms with Crippen molar-refractivity contribution in [2.75, 3.05) is 0 Å². The van der Waals surface area contributed by atoms with Gasteiger partial charge in [0.25, 0.3) is 0 Å². The maximum Gasteiger partial charge on any atom is 0.221 e. The number of tetrazole rings is 1. The molecule has 0 bridgehead atoms. The standard InChI is InChI=1S/C26H34N8O/c1-6-8-10-22-27-24(21(35)9-7-2)30-34(22)17-18-11-13-19(14-12-18)33-16-15-20(26(3,4)5)23(33)25-28-31-32-29-25/h11-16H,6-10,17H2,1-5H3,(H,28,29,31,32)/i11D. The number of aromatic nitrogens is 8. The van der Waals surface area contributed by atoms with Gasteiger partial charge in [0.15, 0.2) is 0 Å². The highest BCUT2D eigenvalue weighted by Gasteiger charge is 2.25. The van der Waals surface area contributed by atoms with Gasteiger partial charge in [0.2, 0.25) is 17.4 Å². The van der Waals surface area contributed by atoms with Gasteiger partial charge in [0.05, 0.1) is 13.6 Å². The molecule has 0 saturated carbocycles. The summed E-state index contributed by atoms with van der Waals surface area (Å²) in [5.41, 5.74) is 3.45. The van der Waals surface area contributed by atoms with Crippen LogP contribution in [0.15, 0.2) is 36.5 Å². The summed E-state index contributed by atoms with van der Waals surface area (Å²) in [6.45, 7) is 10.9. The minimum atomic E-state index is -0.125. The maximum absolute atomic E-state index is 12.4. The molecule has 1 N–H and O–H groups in total. The number of nitrogens with one attached hydrogen (secondary N) is 1. The average molecular weight is 476 g/mol. The van der Waals surface area contributed by atoms with E-state index in [0.29, 0.717) is 24.8 Å². The fourth-order valence-corrected chi connectivity index (χ4v) is 4.08. The summed E-state index contributed by atoms with van der Waals surface area (Å²) in [4.78, 5) is 16.9. The quantitative estimate of drug-likeness (QED) is 0.326. The van der Waals surface area contributed by atoms with Crippen molar-refractivity contribution in [1.29, 1.82) is 0 Å². The van der Waals surface area contributed by atoms with Crippen molar-refractivity contribution in [1.82, 2.24) is 40.0 Å². The third-order valence-corrected chi connectivity index (χ3v) is 5.94. The number of carbonyl (C=O) groups excluding carboxylic acids is 1. The number of carbonyl (C=O) groups is 1. The second kappa shape index (κ2) is 10.3. The zero-order valence-electron chi connectivity index (χ0n) is 22.2. The Bertz CT molecular complexity index is 1330. The minimum Gasteiger partial charge on any atom is -0.313 e. The predicted octanol–water partition coefficient (Wildman–Crippen LogP) is 4.92. The normalized spacial score (nSPS) is 12.2. The number of aromatic amines is 1. The first-order valence-electron chi connectivity index (χ1n) is 12.7. The Morgan fingerprint density at radius 3 is 2.63 bits per heavy atom. The van der Waals surface area contributed by atoms with Gasteiger partial charge in [-0.15, -0.1) is 15.3 Å². The summed E-state index contributed by atoms with van der Waals surface area (Å²) in [5.74, 6) is 1.54. The number of aryl methyl sites for hydroxylation is 1. The lowest BCUT2D eigenvalue weighted by Crippen LogP contribution is -2.13. The van der Waals surface area contributed by atoms with Crippen molar-refractivity contribution in [3.63, 3.8) is 0 Å². The maximum atomic E-state index is 12.4. The first-order valence-corrected chi connectivity index (χ1v) is 12.2. The van der Waals surface area contributed by atoms with Crippen molar-refractivity contribution in [2.24, 2.45) is 0 Å². The van der Waals surface area contributed by atoms with Crippen LogP contribution < -0.4 is 0 Å². The van der Waals surface area contributed by atoms with E-state index < -0.39 is 0 Å². The summed E-state index contributed by atoms with van der Waals surface area (Å²) in [6.07, 6.45) is 5.92. The molecule has 9 nitrogen and oxygen atoms in total. The van der Waals surface area contributed by atoms with Crippen LogP contribution >= 0.6 is 0 Å². The van der Waals surface area contributed by atoms with Gasteiger partial charge >= 0.3 is 0 Å². The van der Waals surface area contributed by atoms with Crippen LogP contribution in [-0.4, -0.2) is 45.7 Å². The smallest absolute Gasteiger partial charge is 0.221 e. The van der Waals surface area contributed by atoms with Gasteiger partial charge in [-0.05, 0) is 52.8 Å². The zero-order chi connectivity index (χ0) is 25.9. The summed E-state index contributed by atoms with van der Waals surface area (Å²) >= 11 is 0. The van der Waals surface area contributed by atoms with Gasteiger partial charge in [0.1, 0.15) is 5.82 Å². The molecule has 0 radical (unpaired) electrons. The predicted molar refractivity (Wildman–Crippen MR) is 135 cm³/mol. The molecule has 184 valence electrons. The van der Waals surface area contributed by atoms with Crippen LogP contribution in [0.2, 0.25) is 0 Å². The third kappa shape index (κ3) is 5.39.